The number of ether oxygens (including phenoxy) is 2. The Bertz CT molecular complexity index is 1490. The number of hydrogen-bond acceptors (Lipinski definition) is 5. The van der Waals surface area contributed by atoms with E-state index in [1.54, 1.807) is 0 Å². The fourth-order valence-corrected chi connectivity index (χ4v) is 5.60. The predicted molar refractivity (Wildman–Crippen MR) is 156 cm³/mol. The Morgan fingerprint density at radius 3 is 2.27 bits per heavy atom. The van der Waals surface area contributed by atoms with Gasteiger partial charge in [0.25, 0.3) is 0 Å². The fourth-order valence-electron chi connectivity index (χ4n) is 5.60. The average Bonchev–Trinajstić information content (AvgIpc) is 3.32. The second-order valence-corrected chi connectivity index (χ2v) is 10.3. The van der Waals surface area contributed by atoms with Crippen LogP contribution in [0.3, 0.4) is 0 Å². The molecule has 0 radical (unpaired) electrons. The van der Waals surface area contributed by atoms with Crippen LogP contribution >= 0.6 is 0 Å². The maximum absolute atomic E-state index is 14.1. The molecule has 0 aromatic heterocycles. The number of fused-ring (bicyclic) bond motifs is 3. The van der Waals surface area contributed by atoms with Gasteiger partial charge in [0.15, 0.2) is 6.10 Å². The van der Waals surface area contributed by atoms with Gasteiger partial charge in [-0.1, -0.05) is 78.9 Å². The smallest absolute Gasteiger partial charge is 0.229 e. The van der Waals surface area contributed by atoms with E-state index in [0.29, 0.717) is 31.9 Å². The molecular weight excluding hydrogens is 500 g/mol. The molecule has 4 aromatic carbocycles. The number of aliphatic imine (C=N–C) groups is 1. The van der Waals surface area contributed by atoms with Crippen molar-refractivity contribution in [2.45, 2.75) is 37.5 Å². The van der Waals surface area contributed by atoms with E-state index >= 15 is 0 Å². The maximum Gasteiger partial charge on any atom is 0.229 e. The first kappa shape index (κ1) is 25.8. The van der Waals surface area contributed by atoms with E-state index in [-0.39, 0.29) is 18.9 Å². The Labute approximate surface area is 234 Å². The van der Waals surface area contributed by atoms with Gasteiger partial charge in [-0.25, -0.2) is 4.99 Å². The zero-order valence-electron chi connectivity index (χ0n) is 22.3. The summed E-state index contributed by atoms with van der Waals surface area (Å²) in [5.41, 5.74) is 4.03. The Hall–Kier alpha value is -4.42. The summed E-state index contributed by atoms with van der Waals surface area (Å²) < 4.78 is 12.4. The van der Waals surface area contributed by atoms with E-state index in [0.717, 1.165) is 33.7 Å². The van der Waals surface area contributed by atoms with Crippen molar-refractivity contribution in [1.29, 1.82) is 0 Å². The van der Waals surface area contributed by atoms with Crippen molar-refractivity contribution in [3.05, 3.63) is 131 Å². The van der Waals surface area contributed by atoms with Gasteiger partial charge in [-0.05, 0) is 41.5 Å². The SMILES string of the molecule is O=C1CC2(Cc3ccccc3)N=C(c3ccc(OCCCO)cc3)OC2c2ccccc2N1Cc1ccccc1. The highest BCUT2D eigenvalue weighted by atomic mass is 16.5. The minimum atomic E-state index is -0.800. The zero-order valence-corrected chi connectivity index (χ0v) is 22.3. The third kappa shape index (κ3) is 5.23. The highest BCUT2D eigenvalue weighted by Crippen LogP contribution is 2.49. The lowest BCUT2D eigenvalue weighted by Gasteiger charge is -2.29. The molecule has 4 aromatic rings. The molecule has 40 heavy (non-hydrogen) atoms. The molecule has 6 rings (SSSR count). The lowest BCUT2D eigenvalue weighted by Crippen LogP contribution is -2.38. The number of amides is 1. The molecule has 2 aliphatic heterocycles. The van der Waals surface area contributed by atoms with Crippen LogP contribution < -0.4 is 9.64 Å². The Morgan fingerprint density at radius 1 is 0.875 bits per heavy atom. The summed E-state index contributed by atoms with van der Waals surface area (Å²) in [6, 6.07) is 36.0. The number of para-hydroxylation sites is 1. The Balaban J connectivity index is 1.40. The van der Waals surface area contributed by atoms with Crippen LogP contribution in [0, 0.1) is 0 Å². The van der Waals surface area contributed by atoms with Crippen molar-refractivity contribution in [3.8, 4) is 5.75 Å². The van der Waals surface area contributed by atoms with Gasteiger partial charge in [-0.3, -0.25) is 4.79 Å². The third-order valence-electron chi connectivity index (χ3n) is 7.52. The number of hydrogen-bond donors (Lipinski definition) is 1. The summed E-state index contributed by atoms with van der Waals surface area (Å²) in [5.74, 6) is 1.28. The third-order valence-corrected chi connectivity index (χ3v) is 7.52. The molecule has 0 saturated carbocycles. The molecule has 0 bridgehead atoms. The molecule has 2 heterocycles. The highest BCUT2D eigenvalue weighted by molar-refractivity contribution is 6.00. The molecular formula is C34H32N2O4. The molecule has 0 spiro atoms. The summed E-state index contributed by atoms with van der Waals surface area (Å²) >= 11 is 0. The van der Waals surface area contributed by atoms with Crippen LogP contribution in [-0.4, -0.2) is 35.7 Å². The number of carbonyl (C=O) groups excluding carboxylic acids is 1. The summed E-state index contributed by atoms with van der Waals surface area (Å²) in [7, 11) is 0. The first-order chi connectivity index (χ1) is 19.6. The molecule has 2 unspecified atom stereocenters. The van der Waals surface area contributed by atoms with Gasteiger partial charge in [0.1, 0.15) is 11.3 Å². The van der Waals surface area contributed by atoms with E-state index in [1.807, 2.05) is 95.9 Å². The van der Waals surface area contributed by atoms with Gasteiger partial charge < -0.3 is 19.5 Å². The highest BCUT2D eigenvalue weighted by Gasteiger charge is 2.52. The minimum absolute atomic E-state index is 0.0240. The second-order valence-electron chi connectivity index (χ2n) is 10.3. The Kier molecular flexibility index (Phi) is 7.34. The van der Waals surface area contributed by atoms with Crippen LogP contribution in [0.25, 0.3) is 0 Å². The van der Waals surface area contributed by atoms with Crippen LogP contribution in [0.1, 0.15) is 41.2 Å². The standard InChI is InChI=1S/C34H32N2O4/c37-20-9-21-39-28-18-16-27(17-19-28)33-35-34(22-25-10-3-1-4-11-25)23-31(38)36(24-26-12-5-2-6-13-26)30-15-8-7-14-29(30)32(34)40-33/h1-8,10-19,32,37H,9,20-24H2. The Morgan fingerprint density at radius 2 is 1.55 bits per heavy atom. The van der Waals surface area contributed by atoms with Crippen molar-refractivity contribution in [1.82, 2.24) is 0 Å². The molecule has 0 aliphatic carbocycles. The molecule has 0 saturated heterocycles. The molecule has 2 aliphatic rings. The van der Waals surface area contributed by atoms with Crippen molar-refractivity contribution in [3.63, 3.8) is 0 Å². The summed E-state index contributed by atoms with van der Waals surface area (Å²) in [5, 5.41) is 9.02. The second kappa shape index (κ2) is 11.4. The van der Waals surface area contributed by atoms with Gasteiger partial charge >= 0.3 is 0 Å². The number of benzene rings is 4. The predicted octanol–water partition coefficient (Wildman–Crippen LogP) is 5.88. The number of carbonyl (C=O) groups is 1. The van der Waals surface area contributed by atoms with Crippen molar-refractivity contribution in [2.75, 3.05) is 18.1 Å². The largest absolute Gasteiger partial charge is 0.494 e. The van der Waals surface area contributed by atoms with Gasteiger partial charge in [0.2, 0.25) is 11.8 Å². The van der Waals surface area contributed by atoms with E-state index in [1.165, 1.54) is 0 Å². The average molecular weight is 533 g/mol. The molecule has 0 fully saturated rings. The maximum atomic E-state index is 14.1. The van der Waals surface area contributed by atoms with Crippen molar-refractivity contribution < 1.29 is 19.4 Å². The van der Waals surface area contributed by atoms with Crippen LogP contribution in [-0.2, 0) is 22.5 Å². The first-order valence-electron chi connectivity index (χ1n) is 13.7. The zero-order chi connectivity index (χ0) is 27.4. The quantitative estimate of drug-likeness (QED) is 0.273. The molecule has 6 nitrogen and oxygen atoms in total. The number of anilines is 1. The fraction of sp³-hybridized carbons (Fsp3) is 0.235. The van der Waals surface area contributed by atoms with Gasteiger partial charge in [0.05, 0.1) is 25.3 Å². The lowest BCUT2D eigenvalue weighted by atomic mass is 9.81. The molecule has 1 N–H and O–H groups in total. The minimum Gasteiger partial charge on any atom is -0.494 e. The van der Waals surface area contributed by atoms with Crippen molar-refractivity contribution in [2.24, 2.45) is 4.99 Å². The summed E-state index contributed by atoms with van der Waals surface area (Å²) in [6.07, 6.45) is 0.948. The topological polar surface area (TPSA) is 71.4 Å². The summed E-state index contributed by atoms with van der Waals surface area (Å²) in [4.78, 5) is 21.2. The number of rotatable bonds is 9. The number of aliphatic hydroxyl groups excluding tert-OH is 1. The van der Waals surface area contributed by atoms with E-state index in [4.69, 9.17) is 19.6 Å². The van der Waals surface area contributed by atoms with Crippen LogP contribution in [0.15, 0.2) is 114 Å². The van der Waals surface area contributed by atoms with E-state index < -0.39 is 11.6 Å². The molecule has 2 atom stereocenters. The van der Waals surface area contributed by atoms with E-state index in [9.17, 15) is 4.79 Å². The van der Waals surface area contributed by atoms with Crippen molar-refractivity contribution >= 4 is 17.5 Å². The van der Waals surface area contributed by atoms with E-state index in [2.05, 4.69) is 18.2 Å². The van der Waals surface area contributed by atoms with Gasteiger partial charge in [-0.15, -0.1) is 0 Å². The number of nitrogens with zero attached hydrogens (tertiary/aromatic N) is 2. The molecule has 1 amide bonds. The number of aliphatic hydroxyl groups is 1. The van der Waals surface area contributed by atoms with Crippen LogP contribution in [0.2, 0.25) is 0 Å². The normalized spacial score (nSPS) is 19.7. The van der Waals surface area contributed by atoms with Gasteiger partial charge in [0, 0.05) is 30.6 Å². The monoisotopic (exact) mass is 532 g/mol. The lowest BCUT2D eigenvalue weighted by molar-refractivity contribution is -0.120. The first-order valence-corrected chi connectivity index (χ1v) is 13.7. The van der Waals surface area contributed by atoms with Crippen LogP contribution in [0.4, 0.5) is 5.69 Å². The molecule has 6 heteroatoms. The van der Waals surface area contributed by atoms with Crippen LogP contribution in [0.5, 0.6) is 5.75 Å². The molecule has 202 valence electrons. The van der Waals surface area contributed by atoms with Gasteiger partial charge in [-0.2, -0.15) is 0 Å². The summed E-state index contributed by atoms with van der Waals surface area (Å²) in [6.45, 7) is 1.03.